The average Bonchev–Trinajstić information content (AvgIpc) is 2.97. The summed E-state index contributed by atoms with van der Waals surface area (Å²) in [6.45, 7) is 5.40. The van der Waals surface area contributed by atoms with Crippen molar-refractivity contribution in [1.82, 2.24) is 15.1 Å². The molecule has 3 rings (SSSR count). The van der Waals surface area contributed by atoms with Crippen molar-refractivity contribution < 1.29 is 9.47 Å². The van der Waals surface area contributed by atoms with Crippen molar-refractivity contribution in [2.45, 2.75) is 13.2 Å². The zero-order valence-corrected chi connectivity index (χ0v) is 11.6. The van der Waals surface area contributed by atoms with Gasteiger partial charge < -0.3 is 9.47 Å². The predicted octanol–water partition coefficient (Wildman–Crippen LogP) is 2.13. The number of aromatic nitrogens is 2. The van der Waals surface area contributed by atoms with Gasteiger partial charge in [-0.15, -0.1) is 0 Å². The van der Waals surface area contributed by atoms with Gasteiger partial charge in [0, 0.05) is 24.7 Å². The van der Waals surface area contributed by atoms with Gasteiger partial charge >= 0.3 is 0 Å². The summed E-state index contributed by atoms with van der Waals surface area (Å²) < 4.78 is 11.3. The molecule has 1 saturated heterocycles. The lowest BCUT2D eigenvalue weighted by Crippen LogP contribution is -2.44. The minimum Gasteiger partial charge on any atom is -0.459 e. The van der Waals surface area contributed by atoms with Gasteiger partial charge in [-0.1, -0.05) is 30.3 Å². The molecule has 1 atom stereocenters. The largest absolute Gasteiger partial charge is 0.459 e. The molecule has 1 unspecified atom stereocenters. The van der Waals surface area contributed by atoms with E-state index in [4.69, 9.17) is 9.47 Å². The molecule has 1 aliphatic heterocycles. The van der Waals surface area contributed by atoms with Crippen LogP contribution in [0.25, 0.3) is 11.3 Å². The standard InChI is InChI=1S/C15H19N3O2/c1-12(18-7-9-19-10-8-18)20-15-11-14(16-17-15)13-5-3-2-4-6-13/h2-6,11-12H,7-10H2,1H3,(H,16,17). The van der Waals surface area contributed by atoms with Gasteiger partial charge in [-0.3, -0.25) is 4.90 Å². The van der Waals surface area contributed by atoms with E-state index >= 15 is 0 Å². The normalized spacial score (nSPS) is 17.9. The van der Waals surface area contributed by atoms with E-state index in [2.05, 4.69) is 15.1 Å². The Labute approximate surface area is 118 Å². The Morgan fingerprint density at radius 3 is 2.75 bits per heavy atom. The van der Waals surface area contributed by atoms with Gasteiger partial charge in [0.05, 0.1) is 18.9 Å². The minimum absolute atomic E-state index is 0.0166. The summed E-state index contributed by atoms with van der Waals surface area (Å²) >= 11 is 0. The zero-order valence-electron chi connectivity index (χ0n) is 11.6. The molecular weight excluding hydrogens is 254 g/mol. The van der Waals surface area contributed by atoms with Gasteiger partial charge in [0.25, 0.3) is 0 Å². The lowest BCUT2D eigenvalue weighted by Gasteiger charge is -2.31. The van der Waals surface area contributed by atoms with E-state index in [1.165, 1.54) is 0 Å². The van der Waals surface area contributed by atoms with Crippen LogP contribution in [0.1, 0.15) is 6.92 Å². The summed E-state index contributed by atoms with van der Waals surface area (Å²) in [5.74, 6) is 0.697. The van der Waals surface area contributed by atoms with Gasteiger partial charge in [-0.25, -0.2) is 5.10 Å². The summed E-state index contributed by atoms with van der Waals surface area (Å²) in [6.07, 6.45) is 0.0166. The molecule has 106 valence electrons. The van der Waals surface area contributed by atoms with Gasteiger partial charge in [-0.2, -0.15) is 5.10 Å². The van der Waals surface area contributed by atoms with E-state index in [0.717, 1.165) is 37.6 Å². The van der Waals surface area contributed by atoms with E-state index < -0.39 is 0 Å². The molecule has 0 saturated carbocycles. The van der Waals surface area contributed by atoms with Crippen LogP contribution in [0, 0.1) is 0 Å². The lowest BCUT2D eigenvalue weighted by atomic mass is 10.2. The first kappa shape index (κ1) is 13.1. The highest BCUT2D eigenvalue weighted by atomic mass is 16.5. The Hall–Kier alpha value is -1.85. The van der Waals surface area contributed by atoms with Crippen LogP contribution < -0.4 is 4.74 Å². The molecule has 0 amide bonds. The van der Waals surface area contributed by atoms with E-state index in [1.54, 1.807) is 0 Å². The number of morpholine rings is 1. The molecule has 0 aliphatic carbocycles. The fourth-order valence-electron chi connectivity index (χ4n) is 2.32. The van der Waals surface area contributed by atoms with Crippen LogP contribution in [0.2, 0.25) is 0 Å². The molecule has 2 heterocycles. The third-order valence-corrected chi connectivity index (χ3v) is 3.48. The molecule has 1 aliphatic rings. The van der Waals surface area contributed by atoms with Crippen molar-refractivity contribution in [1.29, 1.82) is 0 Å². The van der Waals surface area contributed by atoms with Crippen molar-refractivity contribution in [2.24, 2.45) is 0 Å². The first-order chi connectivity index (χ1) is 9.83. The molecule has 2 aromatic rings. The topological polar surface area (TPSA) is 50.4 Å². The summed E-state index contributed by atoms with van der Waals surface area (Å²) in [5.41, 5.74) is 1.98. The molecule has 1 aromatic carbocycles. The summed E-state index contributed by atoms with van der Waals surface area (Å²) in [6, 6.07) is 12.0. The molecule has 1 N–H and O–H groups in total. The quantitative estimate of drug-likeness (QED) is 0.927. The van der Waals surface area contributed by atoms with Crippen LogP contribution in [0.3, 0.4) is 0 Å². The highest BCUT2D eigenvalue weighted by Gasteiger charge is 2.19. The fraction of sp³-hybridized carbons (Fsp3) is 0.400. The Bertz CT molecular complexity index is 535. The van der Waals surface area contributed by atoms with E-state index in [1.807, 2.05) is 43.3 Å². The monoisotopic (exact) mass is 273 g/mol. The lowest BCUT2D eigenvalue weighted by molar-refractivity contribution is -0.0388. The number of rotatable bonds is 4. The van der Waals surface area contributed by atoms with Crippen molar-refractivity contribution in [3.63, 3.8) is 0 Å². The third-order valence-electron chi connectivity index (χ3n) is 3.48. The Kier molecular flexibility index (Phi) is 3.99. The van der Waals surface area contributed by atoms with Crippen LogP contribution in [-0.4, -0.2) is 47.6 Å². The summed E-state index contributed by atoms with van der Waals surface area (Å²) in [7, 11) is 0. The van der Waals surface area contributed by atoms with E-state index in [9.17, 15) is 0 Å². The molecule has 0 radical (unpaired) electrons. The van der Waals surface area contributed by atoms with Crippen LogP contribution in [0.4, 0.5) is 0 Å². The first-order valence-electron chi connectivity index (χ1n) is 6.92. The molecule has 1 aromatic heterocycles. The molecule has 5 nitrogen and oxygen atoms in total. The number of nitrogens with one attached hydrogen (secondary N) is 1. The zero-order chi connectivity index (χ0) is 13.8. The van der Waals surface area contributed by atoms with Crippen molar-refractivity contribution >= 4 is 0 Å². The summed E-state index contributed by atoms with van der Waals surface area (Å²) in [5, 5.41) is 7.24. The molecule has 0 bridgehead atoms. The maximum atomic E-state index is 5.91. The van der Waals surface area contributed by atoms with Crippen LogP contribution in [-0.2, 0) is 4.74 Å². The maximum Gasteiger partial charge on any atom is 0.211 e. The van der Waals surface area contributed by atoms with Crippen LogP contribution >= 0.6 is 0 Å². The van der Waals surface area contributed by atoms with Crippen LogP contribution in [0.5, 0.6) is 5.88 Å². The van der Waals surface area contributed by atoms with Gasteiger partial charge in [0.15, 0.2) is 6.23 Å². The molecule has 5 heteroatoms. The van der Waals surface area contributed by atoms with Gasteiger partial charge in [0.2, 0.25) is 5.88 Å². The second-order valence-electron chi connectivity index (χ2n) is 4.85. The third kappa shape index (κ3) is 3.00. The Morgan fingerprint density at radius 1 is 1.25 bits per heavy atom. The number of benzene rings is 1. The molecule has 1 fully saturated rings. The number of hydrogen-bond donors (Lipinski definition) is 1. The number of nitrogens with zero attached hydrogens (tertiary/aromatic N) is 2. The number of ether oxygens (including phenoxy) is 2. The minimum atomic E-state index is 0.0166. The Morgan fingerprint density at radius 2 is 2.00 bits per heavy atom. The summed E-state index contributed by atoms with van der Waals surface area (Å²) in [4.78, 5) is 2.26. The van der Waals surface area contributed by atoms with Crippen LogP contribution in [0.15, 0.2) is 36.4 Å². The van der Waals surface area contributed by atoms with Crippen molar-refractivity contribution in [3.8, 4) is 17.1 Å². The molecule has 20 heavy (non-hydrogen) atoms. The van der Waals surface area contributed by atoms with Gasteiger partial charge in [-0.05, 0) is 6.92 Å². The maximum absolute atomic E-state index is 5.91. The first-order valence-corrected chi connectivity index (χ1v) is 6.92. The number of H-pyrrole nitrogens is 1. The second kappa shape index (κ2) is 6.07. The van der Waals surface area contributed by atoms with E-state index in [0.29, 0.717) is 5.88 Å². The molecular formula is C15H19N3O2. The smallest absolute Gasteiger partial charge is 0.211 e. The van der Waals surface area contributed by atoms with E-state index in [-0.39, 0.29) is 6.23 Å². The fourth-order valence-corrected chi connectivity index (χ4v) is 2.32. The second-order valence-corrected chi connectivity index (χ2v) is 4.85. The Balaban J connectivity index is 1.65. The van der Waals surface area contributed by atoms with Gasteiger partial charge in [0.1, 0.15) is 0 Å². The highest BCUT2D eigenvalue weighted by Crippen LogP contribution is 2.21. The highest BCUT2D eigenvalue weighted by molar-refractivity contribution is 5.59. The number of aromatic amines is 1. The average molecular weight is 273 g/mol. The van der Waals surface area contributed by atoms with Crippen molar-refractivity contribution in [3.05, 3.63) is 36.4 Å². The number of hydrogen-bond acceptors (Lipinski definition) is 4. The SMILES string of the molecule is CC(Oc1cc(-c2ccccc2)n[nH]1)N1CCOCC1. The van der Waals surface area contributed by atoms with Crippen molar-refractivity contribution in [2.75, 3.05) is 26.3 Å². The predicted molar refractivity (Wildman–Crippen MR) is 76.5 cm³/mol. The molecule has 0 spiro atoms.